The van der Waals surface area contributed by atoms with Crippen molar-refractivity contribution in [1.29, 1.82) is 0 Å². The van der Waals surface area contributed by atoms with Crippen molar-refractivity contribution in [2.45, 2.75) is 19.8 Å². The van der Waals surface area contributed by atoms with Crippen molar-refractivity contribution in [3.05, 3.63) is 44.8 Å². The summed E-state index contributed by atoms with van der Waals surface area (Å²) in [6, 6.07) is 1.64. The van der Waals surface area contributed by atoms with Gasteiger partial charge in [0.05, 0.1) is 5.56 Å². The molecule has 2 amide bonds. The molecule has 0 aliphatic carbocycles. The van der Waals surface area contributed by atoms with E-state index in [1.165, 1.54) is 9.47 Å². The molecule has 9 heteroatoms. The second-order valence-electron chi connectivity index (χ2n) is 7.55. The molecule has 0 saturated carbocycles. The molecule has 154 valence electrons. The highest BCUT2D eigenvalue weighted by Gasteiger charge is 2.38. The highest BCUT2D eigenvalue weighted by molar-refractivity contribution is 7.13. The van der Waals surface area contributed by atoms with E-state index in [1.54, 1.807) is 31.4 Å². The number of piperazine rings is 1. The van der Waals surface area contributed by atoms with Gasteiger partial charge in [-0.2, -0.15) is 0 Å². The molecule has 0 radical (unpaired) electrons. The molecule has 0 N–H and O–H groups in total. The zero-order chi connectivity index (χ0) is 20.5. The number of hydrogen-bond acceptors (Lipinski definition) is 7. The monoisotopic (exact) mass is 415 g/mol. The van der Waals surface area contributed by atoms with Crippen molar-refractivity contribution >= 4 is 28.3 Å². The molecule has 0 aromatic carbocycles. The van der Waals surface area contributed by atoms with Crippen LogP contribution in [0, 0.1) is 6.92 Å². The van der Waals surface area contributed by atoms with E-state index in [4.69, 9.17) is 0 Å². The van der Waals surface area contributed by atoms with E-state index in [9.17, 15) is 14.4 Å². The predicted octanol–water partition coefficient (Wildman–Crippen LogP) is 1.35. The Kier molecular flexibility index (Phi) is 5.51. The summed E-state index contributed by atoms with van der Waals surface area (Å²) in [6.07, 6.45) is 3.47. The number of thiazole rings is 1. The summed E-state index contributed by atoms with van der Waals surface area (Å²) in [4.78, 5) is 47.9. The molecule has 0 bridgehead atoms. The second-order valence-corrected chi connectivity index (χ2v) is 8.42. The fraction of sp³-hybridized carbons (Fsp3) is 0.500. The molecular weight excluding hydrogens is 390 g/mol. The van der Waals surface area contributed by atoms with Crippen LogP contribution in [0.2, 0.25) is 0 Å². The first kappa shape index (κ1) is 19.8. The Bertz CT molecular complexity index is 977. The van der Waals surface area contributed by atoms with Gasteiger partial charge in [-0.25, -0.2) is 4.98 Å². The summed E-state index contributed by atoms with van der Waals surface area (Å²) < 4.78 is 1.42. The molecule has 4 heterocycles. The first-order valence-electron chi connectivity index (χ1n) is 9.91. The van der Waals surface area contributed by atoms with Crippen LogP contribution in [0.1, 0.15) is 39.3 Å². The Morgan fingerprint density at radius 2 is 1.76 bits per heavy atom. The third-order valence-corrected chi connectivity index (χ3v) is 6.61. The standard InChI is InChI=1S/C20H25N5O3S/c1-14-13-15-16(18(27)22(14)2)19(28)25(17(15)26)7-4-3-6-23-8-10-24(11-9-23)20-21-5-12-29-20/h5,12-13H,3-4,6-11H2,1-2H3. The molecule has 1 fully saturated rings. The second kappa shape index (κ2) is 8.08. The molecule has 2 aromatic rings. The van der Waals surface area contributed by atoms with Gasteiger partial charge in [0.2, 0.25) is 0 Å². The molecule has 29 heavy (non-hydrogen) atoms. The lowest BCUT2D eigenvalue weighted by Crippen LogP contribution is -2.46. The lowest BCUT2D eigenvalue weighted by atomic mass is 10.1. The molecule has 4 rings (SSSR count). The van der Waals surface area contributed by atoms with E-state index >= 15 is 0 Å². The lowest BCUT2D eigenvalue weighted by Gasteiger charge is -2.34. The van der Waals surface area contributed by atoms with Gasteiger partial charge < -0.3 is 9.47 Å². The average molecular weight is 416 g/mol. The molecule has 1 saturated heterocycles. The van der Waals surface area contributed by atoms with Gasteiger partial charge in [0, 0.05) is 57.0 Å². The maximum atomic E-state index is 12.6. The number of nitrogens with zero attached hydrogens (tertiary/aromatic N) is 5. The van der Waals surface area contributed by atoms with Crippen molar-refractivity contribution in [3.63, 3.8) is 0 Å². The van der Waals surface area contributed by atoms with E-state index in [-0.39, 0.29) is 22.6 Å². The van der Waals surface area contributed by atoms with Gasteiger partial charge in [0.25, 0.3) is 17.4 Å². The lowest BCUT2D eigenvalue weighted by molar-refractivity contribution is 0.0649. The number of fused-ring (bicyclic) bond motifs is 1. The zero-order valence-corrected chi connectivity index (χ0v) is 17.6. The number of rotatable bonds is 6. The van der Waals surface area contributed by atoms with Crippen LogP contribution in [0.3, 0.4) is 0 Å². The smallest absolute Gasteiger partial charge is 0.267 e. The van der Waals surface area contributed by atoms with E-state index in [2.05, 4.69) is 14.8 Å². The number of pyridine rings is 1. The van der Waals surface area contributed by atoms with Crippen molar-refractivity contribution < 1.29 is 9.59 Å². The number of hydrogen-bond donors (Lipinski definition) is 0. The fourth-order valence-electron chi connectivity index (χ4n) is 3.91. The maximum absolute atomic E-state index is 12.6. The number of unbranched alkanes of at least 4 members (excludes halogenated alkanes) is 1. The third-order valence-electron chi connectivity index (χ3n) is 5.77. The number of anilines is 1. The third kappa shape index (κ3) is 3.72. The van der Waals surface area contributed by atoms with Crippen LogP contribution in [0.5, 0.6) is 0 Å². The van der Waals surface area contributed by atoms with Crippen LogP contribution in [0.15, 0.2) is 22.4 Å². The minimum absolute atomic E-state index is 0.0152. The number of imide groups is 1. The summed E-state index contributed by atoms with van der Waals surface area (Å²) in [7, 11) is 1.62. The topological polar surface area (TPSA) is 78.8 Å². The Morgan fingerprint density at radius 3 is 2.45 bits per heavy atom. The maximum Gasteiger partial charge on any atom is 0.267 e. The van der Waals surface area contributed by atoms with Crippen molar-refractivity contribution in [1.82, 2.24) is 19.4 Å². The molecule has 2 aliphatic rings. The summed E-state index contributed by atoms with van der Waals surface area (Å²) >= 11 is 1.67. The van der Waals surface area contributed by atoms with Crippen LogP contribution < -0.4 is 10.5 Å². The van der Waals surface area contributed by atoms with Crippen molar-refractivity contribution in [2.75, 3.05) is 44.2 Å². The molecular formula is C20H25N5O3S. The van der Waals surface area contributed by atoms with Gasteiger partial charge in [-0.3, -0.25) is 24.2 Å². The molecule has 0 atom stereocenters. The van der Waals surface area contributed by atoms with E-state index < -0.39 is 5.91 Å². The normalized spacial score (nSPS) is 17.3. The van der Waals surface area contributed by atoms with Crippen LogP contribution in [-0.2, 0) is 7.05 Å². The summed E-state index contributed by atoms with van der Waals surface area (Å²) in [5.74, 6) is -0.800. The van der Waals surface area contributed by atoms with Crippen LogP contribution >= 0.6 is 11.3 Å². The highest BCUT2D eigenvalue weighted by Crippen LogP contribution is 2.22. The largest absolute Gasteiger partial charge is 0.346 e. The minimum atomic E-state index is -0.456. The highest BCUT2D eigenvalue weighted by atomic mass is 32.1. The summed E-state index contributed by atoms with van der Waals surface area (Å²) in [6.45, 7) is 6.96. The Hall–Kier alpha value is -2.52. The van der Waals surface area contributed by atoms with Gasteiger partial charge in [0.15, 0.2) is 5.13 Å². The number of carbonyl (C=O) groups is 2. The van der Waals surface area contributed by atoms with E-state index in [1.807, 2.05) is 11.6 Å². The molecule has 0 unspecified atom stereocenters. The van der Waals surface area contributed by atoms with Crippen molar-refractivity contribution in [3.8, 4) is 0 Å². The molecule has 2 aliphatic heterocycles. The average Bonchev–Trinajstić information content (AvgIpc) is 3.33. The van der Waals surface area contributed by atoms with Crippen LogP contribution in [0.4, 0.5) is 5.13 Å². The van der Waals surface area contributed by atoms with Crippen molar-refractivity contribution in [2.24, 2.45) is 7.05 Å². The molecule has 2 aromatic heterocycles. The predicted molar refractivity (Wildman–Crippen MR) is 112 cm³/mol. The quantitative estimate of drug-likeness (QED) is 0.524. The fourth-order valence-corrected chi connectivity index (χ4v) is 4.61. The van der Waals surface area contributed by atoms with Crippen LogP contribution in [0.25, 0.3) is 0 Å². The Labute approximate surface area is 173 Å². The zero-order valence-electron chi connectivity index (χ0n) is 16.8. The Morgan fingerprint density at radius 1 is 1.03 bits per heavy atom. The summed E-state index contributed by atoms with van der Waals surface area (Å²) in [5.41, 5.74) is 0.544. The first-order valence-corrected chi connectivity index (χ1v) is 10.8. The molecule has 8 nitrogen and oxygen atoms in total. The first-order chi connectivity index (χ1) is 14.0. The number of carbonyl (C=O) groups excluding carboxylic acids is 2. The number of aromatic nitrogens is 2. The number of aryl methyl sites for hydroxylation is 1. The van der Waals surface area contributed by atoms with Gasteiger partial charge in [-0.15, -0.1) is 11.3 Å². The molecule has 0 spiro atoms. The van der Waals surface area contributed by atoms with Gasteiger partial charge in [-0.1, -0.05) is 0 Å². The van der Waals surface area contributed by atoms with Gasteiger partial charge in [0.1, 0.15) is 5.56 Å². The minimum Gasteiger partial charge on any atom is -0.346 e. The van der Waals surface area contributed by atoms with E-state index in [0.717, 1.165) is 50.7 Å². The summed E-state index contributed by atoms with van der Waals surface area (Å²) in [5, 5.41) is 3.08. The van der Waals surface area contributed by atoms with E-state index in [0.29, 0.717) is 12.2 Å². The number of amides is 2. The Balaban J connectivity index is 1.26. The van der Waals surface area contributed by atoms with Gasteiger partial charge in [-0.05, 0) is 32.4 Å². The SMILES string of the molecule is Cc1cc2c(c(=O)n1C)C(=O)N(CCCCN1CCN(c3nccs3)CC1)C2=O. The van der Waals surface area contributed by atoms with Gasteiger partial charge >= 0.3 is 0 Å². The van der Waals surface area contributed by atoms with Crippen LogP contribution in [-0.4, -0.2) is 70.4 Å².